The van der Waals surface area contributed by atoms with Crippen LogP contribution < -0.4 is 0 Å². The first-order valence-corrected chi connectivity index (χ1v) is 8.94. The minimum Gasteiger partial charge on any atom is -0.481 e. The van der Waals surface area contributed by atoms with Crippen LogP contribution in [0.25, 0.3) is 0 Å². The van der Waals surface area contributed by atoms with E-state index >= 15 is 0 Å². The summed E-state index contributed by atoms with van der Waals surface area (Å²) in [6, 6.07) is 0. The molecule has 0 aliphatic rings. The molecule has 0 aliphatic carbocycles. The molecule has 126 valence electrons. The largest absolute Gasteiger partial charge is 0.481 e. The van der Waals surface area contributed by atoms with Gasteiger partial charge in [-0.3, -0.25) is 4.79 Å². The molecule has 0 aromatic heterocycles. The van der Waals surface area contributed by atoms with Gasteiger partial charge in [0.1, 0.15) is 0 Å². The van der Waals surface area contributed by atoms with Crippen LogP contribution in [0.15, 0.2) is 36.5 Å². The van der Waals surface area contributed by atoms with Crippen LogP contribution in [0, 0.1) is 0 Å². The van der Waals surface area contributed by atoms with Crippen molar-refractivity contribution >= 4 is 5.97 Å². The average Bonchev–Trinajstić information content (AvgIpc) is 2.50. The molecule has 0 radical (unpaired) electrons. The molecule has 0 atom stereocenters. The zero-order valence-corrected chi connectivity index (χ0v) is 14.3. The average molecular weight is 306 g/mol. The monoisotopic (exact) mass is 306 g/mol. The van der Waals surface area contributed by atoms with E-state index < -0.39 is 5.97 Å². The Bertz CT molecular complexity index is 327. The lowest BCUT2D eigenvalue weighted by Crippen LogP contribution is -1.93. The predicted octanol–water partition coefficient (Wildman–Crippen LogP) is 6.44. The molecular weight excluding hydrogens is 272 g/mol. The number of unbranched alkanes of at least 4 members (excludes halogenated alkanes) is 7. The molecule has 0 heterocycles. The number of rotatable bonds is 15. The van der Waals surface area contributed by atoms with Gasteiger partial charge in [-0.15, -0.1) is 0 Å². The molecule has 0 saturated carbocycles. The van der Waals surface area contributed by atoms with Gasteiger partial charge in [0.25, 0.3) is 0 Å². The van der Waals surface area contributed by atoms with Gasteiger partial charge in [0.05, 0.1) is 0 Å². The Labute approximate surface area is 137 Å². The van der Waals surface area contributed by atoms with Gasteiger partial charge in [-0.1, -0.05) is 62.6 Å². The van der Waals surface area contributed by atoms with Crippen molar-refractivity contribution < 1.29 is 9.90 Å². The van der Waals surface area contributed by atoms with Crippen LogP contribution in [0.3, 0.4) is 0 Å². The summed E-state index contributed by atoms with van der Waals surface area (Å²) in [5.41, 5.74) is 0. The lowest BCUT2D eigenvalue weighted by Gasteiger charge is -1.94. The number of hydrogen-bond donors (Lipinski definition) is 1. The molecule has 2 nitrogen and oxygen atoms in total. The lowest BCUT2D eigenvalue weighted by atomic mass is 10.1. The van der Waals surface area contributed by atoms with Crippen molar-refractivity contribution in [2.75, 3.05) is 0 Å². The normalized spacial score (nSPS) is 12.0. The maximum atomic E-state index is 10.3. The Morgan fingerprint density at radius 1 is 0.727 bits per heavy atom. The topological polar surface area (TPSA) is 37.3 Å². The minimum absolute atomic E-state index is 0.305. The smallest absolute Gasteiger partial charge is 0.303 e. The van der Waals surface area contributed by atoms with Crippen LogP contribution in [-0.2, 0) is 4.79 Å². The van der Waals surface area contributed by atoms with Gasteiger partial charge >= 0.3 is 5.97 Å². The van der Waals surface area contributed by atoms with Crippen LogP contribution in [0.5, 0.6) is 0 Å². The summed E-state index contributed by atoms with van der Waals surface area (Å²) < 4.78 is 0. The third kappa shape index (κ3) is 18.7. The summed E-state index contributed by atoms with van der Waals surface area (Å²) >= 11 is 0. The highest BCUT2D eigenvalue weighted by Crippen LogP contribution is 2.04. The van der Waals surface area contributed by atoms with E-state index in [1.54, 1.807) is 0 Å². The highest BCUT2D eigenvalue weighted by Gasteiger charge is 1.94. The molecule has 0 bridgehead atoms. The second-order valence-corrected chi connectivity index (χ2v) is 5.72. The molecule has 0 rings (SSSR count). The van der Waals surface area contributed by atoms with E-state index in [9.17, 15) is 4.79 Å². The summed E-state index contributed by atoms with van der Waals surface area (Å²) in [5, 5.41) is 8.51. The van der Waals surface area contributed by atoms with Gasteiger partial charge in [-0.25, -0.2) is 0 Å². The second-order valence-electron chi connectivity index (χ2n) is 5.72. The van der Waals surface area contributed by atoms with Crippen LogP contribution >= 0.6 is 0 Å². The van der Waals surface area contributed by atoms with E-state index in [-0.39, 0.29) is 0 Å². The van der Waals surface area contributed by atoms with Gasteiger partial charge in [0.15, 0.2) is 0 Å². The molecule has 0 unspecified atom stereocenters. The fraction of sp³-hybridized carbons (Fsp3) is 0.650. The summed E-state index contributed by atoms with van der Waals surface area (Å²) in [5.74, 6) is -0.684. The Hall–Kier alpha value is -1.31. The van der Waals surface area contributed by atoms with Gasteiger partial charge in [-0.05, 0) is 51.4 Å². The summed E-state index contributed by atoms with van der Waals surface area (Å²) in [4.78, 5) is 10.3. The fourth-order valence-electron chi connectivity index (χ4n) is 2.16. The number of carboxylic acid groups (broad SMARTS) is 1. The highest BCUT2D eigenvalue weighted by molar-refractivity contribution is 5.66. The van der Waals surface area contributed by atoms with Crippen molar-refractivity contribution in [3.63, 3.8) is 0 Å². The molecular formula is C20H34O2. The number of carbonyl (C=O) groups is 1. The lowest BCUT2D eigenvalue weighted by molar-refractivity contribution is -0.137. The fourth-order valence-corrected chi connectivity index (χ4v) is 2.16. The van der Waals surface area contributed by atoms with Crippen LogP contribution in [0.1, 0.15) is 84.0 Å². The standard InChI is InChI=1S/C20H34O2/c1-2-3-4-5-6-7-8-9-10-11-12-13-14-15-16-17-18-19-20(21)22/h6-7,10-11,13-14H,2-5,8-9,12,15-19H2,1H3,(H,21,22)/b7-6+,11-10+,14-13+. The van der Waals surface area contributed by atoms with Gasteiger partial charge < -0.3 is 5.11 Å². The van der Waals surface area contributed by atoms with Crippen molar-refractivity contribution in [3.8, 4) is 0 Å². The van der Waals surface area contributed by atoms with E-state index in [1.807, 2.05) is 0 Å². The molecule has 0 aliphatic heterocycles. The number of carboxylic acids is 1. The van der Waals surface area contributed by atoms with Crippen molar-refractivity contribution in [1.82, 2.24) is 0 Å². The van der Waals surface area contributed by atoms with Gasteiger partial charge in [0, 0.05) is 6.42 Å². The third-order valence-electron chi connectivity index (χ3n) is 3.51. The Kier molecular flexibility index (Phi) is 16.7. The molecule has 0 fully saturated rings. The summed E-state index contributed by atoms with van der Waals surface area (Å²) in [7, 11) is 0. The van der Waals surface area contributed by atoms with Crippen molar-refractivity contribution in [2.45, 2.75) is 84.0 Å². The van der Waals surface area contributed by atoms with Gasteiger partial charge in [-0.2, -0.15) is 0 Å². The molecule has 0 spiro atoms. The quantitative estimate of drug-likeness (QED) is 0.279. The van der Waals surface area contributed by atoms with Crippen LogP contribution in [0.4, 0.5) is 0 Å². The number of hydrogen-bond acceptors (Lipinski definition) is 1. The minimum atomic E-state index is -0.684. The maximum Gasteiger partial charge on any atom is 0.303 e. The highest BCUT2D eigenvalue weighted by atomic mass is 16.4. The molecule has 0 aromatic carbocycles. The first kappa shape index (κ1) is 20.7. The van der Waals surface area contributed by atoms with E-state index in [2.05, 4.69) is 43.4 Å². The van der Waals surface area contributed by atoms with E-state index in [1.165, 1.54) is 25.7 Å². The first-order chi connectivity index (χ1) is 10.8. The van der Waals surface area contributed by atoms with E-state index in [0.29, 0.717) is 6.42 Å². The van der Waals surface area contributed by atoms with Gasteiger partial charge in [0.2, 0.25) is 0 Å². The molecule has 22 heavy (non-hydrogen) atoms. The molecule has 0 aromatic rings. The van der Waals surface area contributed by atoms with Crippen LogP contribution in [-0.4, -0.2) is 11.1 Å². The second kappa shape index (κ2) is 17.7. The predicted molar refractivity (Wildman–Crippen MR) is 96.1 cm³/mol. The third-order valence-corrected chi connectivity index (χ3v) is 3.51. The SMILES string of the molecule is CCCCC/C=C/CC/C=C/C/C=C/CCCCCC(=O)O. The Balaban J connectivity index is 3.28. The Morgan fingerprint density at radius 3 is 1.91 bits per heavy atom. The maximum absolute atomic E-state index is 10.3. The molecule has 0 saturated heterocycles. The molecule has 0 amide bonds. The first-order valence-electron chi connectivity index (χ1n) is 8.94. The number of allylic oxidation sites excluding steroid dienone is 6. The molecule has 2 heteroatoms. The summed E-state index contributed by atoms with van der Waals surface area (Å²) in [6.07, 6.45) is 26.3. The molecule has 1 N–H and O–H groups in total. The van der Waals surface area contributed by atoms with E-state index in [0.717, 1.165) is 44.9 Å². The van der Waals surface area contributed by atoms with Crippen molar-refractivity contribution in [3.05, 3.63) is 36.5 Å². The zero-order chi connectivity index (χ0) is 16.3. The Morgan fingerprint density at radius 2 is 1.27 bits per heavy atom. The summed E-state index contributed by atoms with van der Waals surface area (Å²) in [6.45, 7) is 2.24. The van der Waals surface area contributed by atoms with E-state index in [4.69, 9.17) is 5.11 Å². The van der Waals surface area contributed by atoms with Crippen LogP contribution in [0.2, 0.25) is 0 Å². The number of aliphatic carboxylic acids is 1. The van der Waals surface area contributed by atoms with Crippen molar-refractivity contribution in [2.24, 2.45) is 0 Å². The zero-order valence-electron chi connectivity index (χ0n) is 14.3. The van der Waals surface area contributed by atoms with Crippen molar-refractivity contribution in [1.29, 1.82) is 0 Å².